The Labute approximate surface area is 59.3 Å². The van der Waals surface area contributed by atoms with E-state index in [2.05, 4.69) is 20.4 Å². The molecule has 1 amide bonds. The summed E-state index contributed by atoms with van der Waals surface area (Å²) in [4.78, 5) is 24.9. The number of hydrogen-bond acceptors (Lipinski definition) is 4. The lowest BCUT2D eigenvalue weighted by molar-refractivity contribution is -0.112. The van der Waals surface area contributed by atoms with Crippen LogP contribution in [0.1, 0.15) is 0 Å². The number of aromatic nitrogens is 3. The lowest BCUT2D eigenvalue weighted by Crippen LogP contribution is -2.42. The summed E-state index contributed by atoms with van der Waals surface area (Å²) in [6.07, 6.45) is 1.16. The van der Waals surface area contributed by atoms with E-state index in [-0.39, 0.29) is 10.7 Å². The first-order valence-electron chi connectivity index (χ1n) is 2.83. The third-order valence-corrected chi connectivity index (χ3v) is 1.25. The Hall–Kier alpha value is -1.85. The second-order valence-corrected chi connectivity index (χ2v) is 1.97. The van der Waals surface area contributed by atoms with E-state index in [0.717, 1.165) is 6.08 Å². The van der Waals surface area contributed by atoms with Gasteiger partial charge < -0.3 is 0 Å². The summed E-state index contributed by atoms with van der Waals surface area (Å²) in [5.74, 6) is -0.467. The van der Waals surface area contributed by atoms with Crippen molar-refractivity contribution >= 4 is 12.0 Å². The maximum atomic E-state index is 10.8. The number of aromatic amines is 1. The summed E-state index contributed by atoms with van der Waals surface area (Å²) in [5, 5.41) is 9.10. The molecule has 0 bridgehead atoms. The van der Waals surface area contributed by atoms with Crippen LogP contribution in [0.4, 0.5) is 0 Å². The molecule has 0 aliphatic carbocycles. The number of hydrogen-bond donors (Lipinski definition) is 1. The van der Waals surface area contributed by atoms with Crippen LogP contribution >= 0.6 is 0 Å². The van der Waals surface area contributed by atoms with Crippen LogP contribution in [0.3, 0.4) is 0 Å². The number of fused-ring (bicyclic) bond motifs is 1. The monoisotopic (exact) mass is 150 g/mol. The van der Waals surface area contributed by atoms with Crippen LogP contribution in [-0.2, 0) is 4.79 Å². The fourth-order valence-corrected chi connectivity index (χ4v) is 0.806. The van der Waals surface area contributed by atoms with Crippen molar-refractivity contribution in [3.8, 4) is 0 Å². The fraction of sp³-hybridized carbons (Fsp3) is 0. The first kappa shape index (κ1) is 5.90. The minimum absolute atomic E-state index is 0.0463. The molecule has 2 rings (SSSR count). The SMILES string of the molecule is O=C1C=c2nn[nH]c(=O)c2=N1. The Morgan fingerprint density at radius 1 is 1.36 bits per heavy atom. The molecule has 0 unspecified atom stereocenters. The minimum atomic E-state index is -0.489. The van der Waals surface area contributed by atoms with E-state index in [4.69, 9.17) is 0 Å². The maximum absolute atomic E-state index is 10.8. The molecule has 1 N–H and O–H groups in total. The lowest BCUT2D eigenvalue weighted by Gasteiger charge is -1.76. The summed E-state index contributed by atoms with van der Waals surface area (Å²) in [6, 6.07) is 0. The van der Waals surface area contributed by atoms with Crippen LogP contribution in [0.2, 0.25) is 0 Å². The number of H-pyrrole nitrogens is 1. The van der Waals surface area contributed by atoms with Crippen molar-refractivity contribution < 1.29 is 4.79 Å². The van der Waals surface area contributed by atoms with Gasteiger partial charge in [0, 0.05) is 6.08 Å². The second-order valence-electron chi connectivity index (χ2n) is 1.97. The van der Waals surface area contributed by atoms with Gasteiger partial charge in [-0.3, -0.25) is 9.59 Å². The minimum Gasteiger partial charge on any atom is -0.267 e. The third-order valence-electron chi connectivity index (χ3n) is 1.25. The molecular weight excluding hydrogens is 148 g/mol. The molecule has 0 fully saturated rings. The Kier molecular flexibility index (Phi) is 0.974. The van der Waals surface area contributed by atoms with Gasteiger partial charge in [0.25, 0.3) is 11.5 Å². The van der Waals surface area contributed by atoms with E-state index >= 15 is 0 Å². The molecule has 54 valence electrons. The summed E-state index contributed by atoms with van der Waals surface area (Å²) in [7, 11) is 0. The van der Waals surface area contributed by atoms with Crippen molar-refractivity contribution in [2.45, 2.75) is 0 Å². The van der Waals surface area contributed by atoms with E-state index in [0.29, 0.717) is 0 Å². The van der Waals surface area contributed by atoms with Crippen LogP contribution in [-0.4, -0.2) is 21.3 Å². The highest BCUT2D eigenvalue weighted by atomic mass is 16.2. The molecule has 1 aromatic heterocycles. The van der Waals surface area contributed by atoms with Crippen molar-refractivity contribution in [2.24, 2.45) is 4.99 Å². The summed E-state index contributed by atoms with van der Waals surface area (Å²) in [5.41, 5.74) is -0.489. The van der Waals surface area contributed by atoms with Gasteiger partial charge in [-0.05, 0) is 0 Å². The number of amides is 1. The van der Waals surface area contributed by atoms with Gasteiger partial charge in [0.2, 0.25) is 0 Å². The Balaban J connectivity index is 3.10. The average molecular weight is 150 g/mol. The largest absolute Gasteiger partial charge is 0.293 e. The highest BCUT2D eigenvalue weighted by molar-refractivity contribution is 6.05. The van der Waals surface area contributed by atoms with Gasteiger partial charge in [0.1, 0.15) is 5.35 Å². The number of carbonyl (C=O) groups is 1. The van der Waals surface area contributed by atoms with E-state index < -0.39 is 11.5 Å². The molecule has 1 aliphatic rings. The Morgan fingerprint density at radius 2 is 2.18 bits per heavy atom. The van der Waals surface area contributed by atoms with Crippen LogP contribution in [0.25, 0.3) is 6.08 Å². The third kappa shape index (κ3) is 0.759. The van der Waals surface area contributed by atoms with E-state index in [1.165, 1.54) is 0 Å². The average Bonchev–Trinajstić information content (AvgIpc) is 2.31. The van der Waals surface area contributed by atoms with Gasteiger partial charge in [-0.1, -0.05) is 5.21 Å². The standard InChI is InChI=1S/C5H2N4O2/c10-3-1-2-4(6-3)5(11)8-9-7-2/h1H,(H,7,8,11). The Bertz CT molecular complexity index is 486. The van der Waals surface area contributed by atoms with Crippen molar-refractivity contribution in [3.05, 3.63) is 21.1 Å². The molecule has 0 aromatic carbocycles. The molecule has 11 heavy (non-hydrogen) atoms. The normalized spacial score (nSPS) is 13.6. The number of rotatable bonds is 0. The molecule has 2 heterocycles. The van der Waals surface area contributed by atoms with E-state index in [1.807, 2.05) is 0 Å². The van der Waals surface area contributed by atoms with Crippen molar-refractivity contribution in [1.82, 2.24) is 15.4 Å². The Morgan fingerprint density at radius 3 is 2.91 bits per heavy atom. The van der Waals surface area contributed by atoms with Gasteiger partial charge in [-0.25, -0.2) is 10.1 Å². The highest BCUT2D eigenvalue weighted by Gasteiger charge is 2.06. The maximum Gasteiger partial charge on any atom is 0.293 e. The molecule has 1 aliphatic heterocycles. The van der Waals surface area contributed by atoms with Gasteiger partial charge in [-0.2, -0.15) is 0 Å². The van der Waals surface area contributed by atoms with Crippen molar-refractivity contribution in [3.63, 3.8) is 0 Å². The van der Waals surface area contributed by atoms with Crippen LogP contribution in [0.5, 0.6) is 0 Å². The van der Waals surface area contributed by atoms with Crippen molar-refractivity contribution in [2.75, 3.05) is 0 Å². The van der Waals surface area contributed by atoms with E-state index in [1.54, 1.807) is 0 Å². The van der Waals surface area contributed by atoms with Gasteiger partial charge in [0.05, 0.1) is 0 Å². The molecular formula is C5H2N4O2. The highest BCUT2D eigenvalue weighted by Crippen LogP contribution is 1.75. The predicted molar refractivity (Wildman–Crippen MR) is 32.9 cm³/mol. The van der Waals surface area contributed by atoms with Crippen LogP contribution < -0.4 is 16.3 Å². The zero-order chi connectivity index (χ0) is 7.84. The number of nitrogens with zero attached hydrogens (tertiary/aromatic N) is 3. The van der Waals surface area contributed by atoms with Crippen LogP contribution in [0, 0.1) is 0 Å². The van der Waals surface area contributed by atoms with Crippen molar-refractivity contribution in [1.29, 1.82) is 0 Å². The molecule has 0 saturated carbocycles. The smallest absolute Gasteiger partial charge is 0.267 e. The zero-order valence-electron chi connectivity index (χ0n) is 5.24. The predicted octanol–water partition coefficient (Wildman–Crippen LogP) is -2.89. The first-order chi connectivity index (χ1) is 5.27. The molecule has 0 atom stereocenters. The topological polar surface area (TPSA) is 88.1 Å². The number of carbonyl (C=O) groups excluding carboxylic acids is 1. The summed E-state index contributed by atoms with van der Waals surface area (Å²) in [6.45, 7) is 0. The molecule has 6 nitrogen and oxygen atoms in total. The second kappa shape index (κ2) is 1.82. The summed E-state index contributed by atoms with van der Waals surface area (Å²) < 4.78 is 0. The molecule has 0 saturated heterocycles. The van der Waals surface area contributed by atoms with E-state index in [9.17, 15) is 9.59 Å². The summed E-state index contributed by atoms with van der Waals surface area (Å²) >= 11 is 0. The molecule has 0 radical (unpaired) electrons. The molecule has 1 aromatic rings. The van der Waals surface area contributed by atoms with Gasteiger partial charge in [-0.15, -0.1) is 5.10 Å². The molecule has 0 spiro atoms. The quantitative estimate of drug-likeness (QED) is 0.429. The van der Waals surface area contributed by atoms with Gasteiger partial charge >= 0.3 is 0 Å². The lowest BCUT2D eigenvalue weighted by atomic mass is 10.5. The zero-order valence-corrected chi connectivity index (χ0v) is 5.24. The number of nitrogens with one attached hydrogen (secondary N) is 1. The first-order valence-corrected chi connectivity index (χ1v) is 2.83. The fourth-order valence-electron chi connectivity index (χ4n) is 0.806. The van der Waals surface area contributed by atoms with Gasteiger partial charge in [0.15, 0.2) is 5.36 Å². The van der Waals surface area contributed by atoms with Crippen LogP contribution in [0.15, 0.2) is 9.79 Å². The molecule has 6 heteroatoms.